The molecule has 4 rings (SSSR count). The molecule has 0 spiro atoms. The molecule has 1 saturated heterocycles. The average molecular weight is 494 g/mol. The van der Waals surface area contributed by atoms with Gasteiger partial charge in [0.1, 0.15) is 11.4 Å². The summed E-state index contributed by atoms with van der Waals surface area (Å²) in [4.78, 5) is 51.5. The number of amides is 1. The highest BCUT2D eigenvalue weighted by Crippen LogP contribution is 2.32. The summed E-state index contributed by atoms with van der Waals surface area (Å²) in [7, 11) is 1.70. The first kappa shape index (κ1) is 24.7. The fraction of sp³-hybridized carbons (Fsp3) is 0.320. The molecule has 3 aromatic rings. The Morgan fingerprint density at radius 3 is 2.42 bits per heavy atom. The lowest BCUT2D eigenvalue weighted by atomic mass is 10.1. The van der Waals surface area contributed by atoms with Gasteiger partial charge in [-0.15, -0.1) is 0 Å². The Labute approximate surface area is 207 Å². The first-order valence-electron chi connectivity index (χ1n) is 11.6. The second-order valence-electron chi connectivity index (χ2n) is 8.63. The van der Waals surface area contributed by atoms with E-state index in [2.05, 4.69) is 5.32 Å². The van der Waals surface area contributed by atoms with Crippen LogP contribution < -0.4 is 15.8 Å². The molecule has 1 N–H and O–H groups in total. The number of esters is 1. The fourth-order valence-electron chi connectivity index (χ4n) is 4.24. The number of rotatable bonds is 7. The number of carbonyl (C=O) groups excluding carboxylic acids is 2. The van der Waals surface area contributed by atoms with Crippen LogP contribution >= 0.6 is 0 Å². The SMILES string of the molecule is Cc1c(NC(=O)[C@@H](C)OC(=O)c2ccc(N3CCCC3)c([N+](=O)[O-])c2)c(=O)n(-c2ccccc2)n1C. The molecule has 1 aliphatic heterocycles. The Morgan fingerprint density at radius 2 is 1.78 bits per heavy atom. The maximum Gasteiger partial charge on any atom is 0.339 e. The molecule has 1 fully saturated rings. The maximum atomic E-state index is 13.0. The largest absolute Gasteiger partial charge is 0.449 e. The normalized spacial score (nSPS) is 13.9. The van der Waals surface area contributed by atoms with Gasteiger partial charge in [-0.25, -0.2) is 9.48 Å². The third-order valence-corrected chi connectivity index (χ3v) is 6.31. The fourth-order valence-corrected chi connectivity index (χ4v) is 4.24. The van der Waals surface area contributed by atoms with Crippen LogP contribution in [0.2, 0.25) is 0 Å². The zero-order chi connectivity index (χ0) is 26.0. The standard InChI is InChI=1S/C25H27N5O6/c1-16-22(24(32)29(27(16)3)19-9-5-4-6-10-19)26-23(31)17(2)36-25(33)18-11-12-20(21(15-18)30(34)35)28-13-7-8-14-28/h4-6,9-12,15,17H,7-8,13-14H2,1-3H3,(H,26,31)/t17-/m1/s1. The topological polar surface area (TPSA) is 129 Å². The molecule has 188 valence electrons. The molecule has 2 aromatic carbocycles. The molecule has 1 aromatic heterocycles. The van der Waals surface area contributed by atoms with Crippen molar-refractivity contribution in [3.05, 3.63) is 80.3 Å². The van der Waals surface area contributed by atoms with E-state index in [0.29, 0.717) is 30.2 Å². The van der Waals surface area contributed by atoms with Crippen molar-refractivity contribution in [3.8, 4) is 5.69 Å². The van der Waals surface area contributed by atoms with E-state index in [1.54, 1.807) is 42.9 Å². The van der Waals surface area contributed by atoms with Crippen molar-refractivity contribution in [2.45, 2.75) is 32.8 Å². The number of carbonyl (C=O) groups is 2. The molecule has 11 nitrogen and oxygen atoms in total. The van der Waals surface area contributed by atoms with E-state index < -0.39 is 28.5 Å². The van der Waals surface area contributed by atoms with Gasteiger partial charge in [-0.05, 0) is 51.0 Å². The summed E-state index contributed by atoms with van der Waals surface area (Å²) in [6.07, 6.45) is 0.648. The molecule has 0 aliphatic carbocycles. The van der Waals surface area contributed by atoms with Gasteiger partial charge in [-0.1, -0.05) is 18.2 Å². The Bertz CT molecular complexity index is 1370. The minimum absolute atomic E-state index is 0.0355. The summed E-state index contributed by atoms with van der Waals surface area (Å²) >= 11 is 0. The van der Waals surface area contributed by atoms with E-state index in [-0.39, 0.29) is 16.9 Å². The molecular weight excluding hydrogens is 466 g/mol. The minimum Gasteiger partial charge on any atom is -0.449 e. The van der Waals surface area contributed by atoms with Crippen LogP contribution in [0.25, 0.3) is 5.69 Å². The van der Waals surface area contributed by atoms with Gasteiger partial charge in [0, 0.05) is 26.2 Å². The number of nitro groups is 1. The van der Waals surface area contributed by atoms with Crippen LogP contribution in [0, 0.1) is 17.0 Å². The molecule has 1 aliphatic rings. The summed E-state index contributed by atoms with van der Waals surface area (Å²) in [6.45, 7) is 4.49. The number of hydrogen-bond acceptors (Lipinski definition) is 7. The molecule has 36 heavy (non-hydrogen) atoms. The predicted octanol–water partition coefficient (Wildman–Crippen LogP) is 3.18. The summed E-state index contributed by atoms with van der Waals surface area (Å²) in [6, 6.07) is 13.1. The highest BCUT2D eigenvalue weighted by Gasteiger charge is 2.27. The predicted molar refractivity (Wildman–Crippen MR) is 134 cm³/mol. The van der Waals surface area contributed by atoms with Gasteiger partial charge in [-0.2, -0.15) is 0 Å². The lowest BCUT2D eigenvalue weighted by Gasteiger charge is -2.18. The summed E-state index contributed by atoms with van der Waals surface area (Å²) < 4.78 is 8.30. The van der Waals surface area contributed by atoms with Crippen LogP contribution in [0.15, 0.2) is 53.3 Å². The number of nitro benzene ring substituents is 1. The van der Waals surface area contributed by atoms with Crippen LogP contribution in [0.3, 0.4) is 0 Å². The number of anilines is 2. The molecule has 1 atom stereocenters. The number of aromatic nitrogens is 2. The summed E-state index contributed by atoms with van der Waals surface area (Å²) in [5, 5.41) is 14.2. The van der Waals surface area contributed by atoms with Crippen molar-refractivity contribution in [2.24, 2.45) is 7.05 Å². The highest BCUT2D eigenvalue weighted by atomic mass is 16.6. The van der Waals surface area contributed by atoms with Crippen LogP contribution in [0.4, 0.5) is 17.1 Å². The third kappa shape index (κ3) is 4.72. The van der Waals surface area contributed by atoms with Crippen molar-refractivity contribution in [2.75, 3.05) is 23.3 Å². The Hall–Kier alpha value is -4.41. The molecule has 0 unspecified atom stereocenters. The van der Waals surface area contributed by atoms with E-state index in [0.717, 1.165) is 12.8 Å². The smallest absolute Gasteiger partial charge is 0.339 e. The zero-order valence-corrected chi connectivity index (χ0v) is 20.3. The monoisotopic (exact) mass is 493 g/mol. The molecular formula is C25H27N5O6. The number of nitrogens with one attached hydrogen (secondary N) is 1. The molecule has 11 heteroatoms. The van der Waals surface area contributed by atoms with E-state index >= 15 is 0 Å². The van der Waals surface area contributed by atoms with E-state index in [9.17, 15) is 24.5 Å². The van der Waals surface area contributed by atoms with Crippen LogP contribution in [-0.2, 0) is 16.6 Å². The van der Waals surface area contributed by atoms with Crippen molar-refractivity contribution in [3.63, 3.8) is 0 Å². The number of ether oxygens (including phenoxy) is 1. The number of hydrogen-bond donors (Lipinski definition) is 1. The van der Waals surface area contributed by atoms with Crippen molar-refractivity contribution in [1.82, 2.24) is 9.36 Å². The molecule has 0 saturated carbocycles. The van der Waals surface area contributed by atoms with Gasteiger partial charge in [0.05, 0.1) is 21.9 Å². The second kappa shape index (κ2) is 10.1. The molecule has 2 heterocycles. The minimum atomic E-state index is -1.25. The number of benzene rings is 2. The van der Waals surface area contributed by atoms with Crippen LogP contribution in [0.1, 0.15) is 35.8 Å². The Kier molecular flexibility index (Phi) is 6.91. The lowest BCUT2D eigenvalue weighted by molar-refractivity contribution is -0.384. The van der Waals surface area contributed by atoms with Gasteiger partial charge in [-0.3, -0.25) is 24.4 Å². The molecule has 0 radical (unpaired) electrons. The van der Waals surface area contributed by atoms with Crippen molar-refractivity contribution >= 4 is 28.9 Å². The molecule has 0 bridgehead atoms. The van der Waals surface area contributed by atoms with E-state index in [4.69, 9.17) is 4.74 Å². The molecule has 1 amide bonds. The second-order valence-corrected chi connectivity index (χ2v) is 8.63. The van der Waals surface area contributed by atoms with Crippen LogP contribution in [0.5, 0.6) is 0 Å². The van der Waals surface area contributed by atoms with Gasteiger partial charge >= 0.3 is 5.97 Å². The van der Waals surface area contributed by atoms with Crippen molar-refractivity contribution in [1.29, 1.82) is 0 Å². The van der Waals surface area contributed by atoms with Crippen LogP contribution in [-0.4, -0.2) is 45.4 Å². The van der Waals surface area contributed by atoms with Gasteiger partial charge in [0.15, 0.2) is 6.10 Å². The van der Waals surface area contributed by atoms with Gasteiger partial charge in [0.25, 0.3) is 17.2 Å². The van der Waals surface area contributed by atoms with E-state index in [1.165, 1.54) is 29.8 Å². The first-order chi connectivity index (χ1) is 17.2. The third-order valence-electron chi connectivity index (χ3n) is 6.31. The zero-order valence-electron chi connectivity index (χ0n) is 20.3. The Balaban J connectivity index is 1.50. The van der Waals surface area contributed by atoms with Crippen molar-refractivity contribution < 1.29 is 19.2 Å². The Morgan fingerprint density at radius 1 is 1.11 bits per heavy atom. The summed E-state index contributed by atoms with van der Waals surface area (Å²) in [5.41, 5.74) is 1.02. The lowest BCUT2D eigenvalue weighted by Crippen LogP contribution is -2.32. The quantitative estimate of drug-likeness (QED) is 0.304. The highest BCUT2D eigenvalue weighted by molar-refractivity contribution is 5.98. The van der Waals surface area contributed by atoms with Gasteiger partial charge in [0.2, 0.25) is 0 Å². The van der Waals surface area contributed by atoms with Gasteiger partial charge < -0.3 is 15.0 Å². The number of nitrogens with zero attached hydrogens (tertiary/aromatic N) is 4. The first-order valence-corrected chi connectivity index (χ1v) is 11.6. The maximum absolute atomic E-state index is 13.0. The number of para-hydroxylation sites is 1. The average Bonchev–Trinajstić information content (AvgIpc) is 3.47. The summed E-state index contributed by atoms with van der Waals surface area (Å²) in [5.74, 6) is -1.57. The van der Waals surface area contributed by atoms with E-state index in [1.807, 2.05) is 11.0 Å².